The Hall–Kier alpha value is -4.00. The molecule has 4 rings (SSSR count). The fourth-order valence-electron chi connectivity index (χ4n) is 4.38. The highest BCUT2D eigenvalue weighted by atomic mass is 16.5. The van der Waals surface area contributed by atoms with E-state index >= 15 is 0 Å². The quantitative estimate of drug-likeness (QED) is 0.429. The van der Waals surface area contributed by atoms with E-state index in [1.54, 1.807) is 36.3 Å². The predicted molar refractivity (Wildman–Crippen MR) is 133 cm³/mol. The Labute approximate surface area is 205 Å². The number of carbonyl (C=O) groups excluding carboxylic acids is 2. The number of amides is 1. The first-order valence-electron chi connectivity index (χ1n) is 11.6. The van der Waals surface area contributed by atoms with Crippen molar-refractivity contribution in [1.82, 2.24) is 0 Å². The van der Waals surface area contributed by atoms with Gasteiger partial charge in [0, 0.05) is 5.69 Å². The van der Waals surface area contributed by atoms with Crippen LogP contribution in [0.4, 0.5) is 5.69 Å². The standard InChI is InChI=1S/C28H29NO6/c1-5-34-24-15-20-16-26(30)29(21-11-7-19(8-12-21)28(31)33-4)27(23(20)17-25(24)35-6-2)18-9-13-22(32-3)14-10-18/h7-15,17,27H,5-6,16H2,1-4H3/t27-/m0/s1. The Morgan fingerprint density at radius 3 is 2.11 bits per heavy atom. The van der Waals surface area contributed by atoms with Crippen molar-refractivity contribution in [1.29, 1.82) is 0 Å². The van der Waals surface area contributed by atoms with Gasteiger partial charge in [-0.3, -0.25) is 4.79 Å². The summed E-state index contributed by atoms with van der Waals surface area (Å²) >= 11 is 0. The topological polar surface area (TPSA) is 74.3 Å². The molecule has 182 valence electrons. The molecule has 3 aromatic rings. The van der Waals surface area contributed by atoms with Crippen molar-refractivity contribution < 1.29 is 28.5 Å². The maximum absolute atomic E-state index is 13.6. The molecule has 0 aliphatic carbocycles. The number of carbonyl (C=O) groups is 2. The SMILES string of the molecule is CCOc1cc2c(cc1OCC)[C@H](c1ccc(OC)cc1)N(c1ccc(C(=O)OC)cc1)C(=O)C2. The Bertz CT molecular complexity index is 1200. The van der Waals surface area contributed by atoms with Gasteiger partial charge in [0.1, 0.15) is 5.75 Å². The predicted octanol–water partition coefficient (Wildman–Crippen LogP) is 4.96. The third-order valence-corrected chi connectivity index (χ3v) is 5.97. The van der Waals surface area contributed by atoms with Gasteiger partial charge in [-0.1, -0.05) is 12.1 Å². The van der Waals surface area contributed by atoms with Crippen LogP contribution in [0.3, 0.4) is 0 Å². The molecule has 0 spiro atoms. The van der Waals surface area contributed by atoms with Gasteiger partial charge in [0.05, 0.1) is 45.5 Å². The zero-order chi connectivity index (χ0) is 24.9. The Kier molecular flexibility index (Phi) is 7.25. The van der Waals surface area contributed by atoms with Gasteiger partial charge in [-0.2, -0.15) is 0 Å². The van der Waals surface area contributed by atoms with Crippen molar-refractivity contribution in [2.45, 2.75) is 26.3 Å². The van der Waals surface area contributed by atoms with E-state index in [-0.39, 0.29) is 12.3 Å². The fourth-order valence-corrected chi connectivity index (χ4v) is 4.38. The molecule has 0 bridgehead atoms. The van der Waals surface area contributed by atoms with Gasteiger partial charge >= 0.3 is 5.97 Å². The van der Waals surface area contributed by atoms with Crippen LogP contribution in [0.15, 0.2) is 60.7 Å². The van der Waals surface area contributed by atoms with Gasteiger partial charge < -0.3 is 23.8 Å². The van der Waals surface area contributed by atoms with Crippen LogP contribution in [0.2, 0.25) is 0 Å². The Balaban J connectivity index is 1.87. The Morgan fingerprint density at radius 1 is 0.914 bits per heavy atom. The lowest BCUT2D eigenvalue weighted by atomic mass is 9.86. The van der Waals surface area contributed by atoms with Gasteiger partial charge in [0.25, 0.3) is 0 Å². The van der Waals surface area contributed by atoms with Gasteiger partial charge in [0.2, 0.25) is 5.91 Å². The van der Waals surface area contributed by atoms with Crippen LogP contribution in [0.1, 0.15) is 46.9 Å². The minimum atomic E-state index is -0.427. The summed E-state index contributed by atoms with van der Waals surface area (Å²) in [5.41, 5.74) is 3.87. The molecule has 7 heteroatoms. The first-order chi connectivity index (χ1) is 17.0. The van der Waals surface area contributed by atoms with E-state index in [2.05, 4.69) is 0 Å². The number of anilines is 1. The van der Waals surface area contributed by atoms with Crippen LogP contribution in [0.25, 0.3) is 0 Å². The number of hydrogen-bond acceptors (Lipinski definition) is 6. The first-order valence-corrected chi connectivity index (χ1v) is 11.6. The molecule has 1 heterocycles. The van der Waals surface area contributed by atoms with E-state index in [9.17, 15) is 9.59 Å². The number of esters is 1. The molecule has 3 aromatic carbocycles. The molecule has 7 nitrogen and oxygen atoms in total. The molecule has 1 atom stereocenters. The number of methoxy groups -OCH3 is 2. The first kappa shape index (κ1) is 24.1. The third kappa shape index (κ3) is 4.80. The molecule has 1 aliphatic rings. The van der Waals surface area contributed by atoms with Gasteiger partial charge in [-0.25, -0.2) is 4.79 Å². The van der Waals surface area contributed by atoms with E-state index in [4.69, 9.17) is 18.9 Å². The number of fused-ring (bicyclic) bond motifs is 1. The van der Waals surface area contributed by atoms with Crippen molar-refractivity contribution >= 4 is 17.6 Å². The maximum atomic E-state index is 13.6. The number of benzene rings is 3. The molecule has 0 fully saturated rings. The Morgan fingerprint density at radius 2 is 1.54 bits per heavy atom. The van der Waals surface area contributed by atoms with Crippen LogP contribution in [0, 0.1) is 0 Å². The van der Waals surface area contributed by atoms with Crippen LogP contribution >= 0.6 is 0 Å². The second kappa shape index (κ2) is 10.5. The summed E-state index contributed by atoms with van der Waals surface area (Å²) in [6.07, 6.45) is 0.215. The number of hydrogen-bond donors (Lipinski definition) is 0. The molecule has 1 aliphatic heterocycles. The van der Waals surface area contributed by atoms with Crippen molar-refractivity contribution in [3.8, 4) is 17.2 Å². The number of nitrogens with zero attached hydrogens (tertiary/aromatic N) is 1. The highest BCUT2D eigenvalue weighted by molar-refractivity contribution is 5.99. The summed E-state index contributed by atoms with van der Waals surface area (Å²) in [4.78, 5) is 27.2. The van der Waals surface area contributed by atoms with E-state index < -0.39 is 12.0 Å². The summed E-state index contributed by atoms with van der Waals surface area (Å²) in [5.74, 6) is 1.51. The summed E-state index contributed by atoms with van der Waals surface area (Å²) in [7, 11) is 2.96. The summed E-state index contributed by atoms with van der Waals surface area (Å²) < 4.78 is 21.9. The molecular formula is C28H29NO6. The minimum absolute atomic E-state index is 0.0595. The molecule has 35 heavy (non-hydrogen) atoms. The highest BCUT2D eigenvalue weighted by Gasteiger charge is 2.36. The van der Waals surface area contributed by atoms with Crippen LogP contribution in [-0.2, 0) is 16.0 Å². The monoisotopic (exact) mass is 475 g/mol. The third-order valence-electron chi connectivity index (χ3n) is 5.97. The second-order valence-corrected chi connectivity index (χ2v) is 8.02. The molecule has 0 saturated heterocycles. The lowest BCUT2D eigenvalue weighted by Crippen LogP contribution is -2.41. The summed E-state index contributed by atoms with van der Waals surface area (Å²) in [6.45, 7) is 4.83. The largest absolute Gasteiger partial charge is 0.497 e. The molecule has 0 saturated carbocycles. The van der Waals surface area contributed by atoms with E-state index in [0.29, 0.717) is 36.0 Å². The summed E-state index contributed by atoms with van der Waals surface area (Å²) in [6, 6.07) is 18.0. The smallest absolute Gasteiger partial charge is 0.337 e. The number of rotatable bonds is 8. The lowest BCUT2D eigenvalue weighted by molar-refractivity contribution is -0.118. The zero-order valence-corrected chi connectivity index (χ0v) is 20.4. The lowest BCUT2D eigenvalue weighted by Gasteiger charge is -2.38. The van der Waals surface area contributed by atoms with Crippen molar-refractivity contribution in [3.05, 3.63) is 82.9 Å². The van der Waals surface area contributed by atoms with Crippen molar-refractivity contribution in [2.75, 3.05) is 32.3 Å². The second-order valence-electron chi connectivity index (χ2n) is 8.02. The van der Waals surface area contributed by atoms with Crippen LogP contribution in [-0.4, -0.2) is 39.3 Å². The van der Waals surface area contributed by atoms with Crippen LogP contribution in [0.5, 0.6) is 17.2 Å². The molecule has 0 unspecified atom stereocenters. The van der Waals surface area contributed by atoms with Gasteiger partial charge in [-0.15, -0.1) is 0 Å². The molecule has 0 aromatic heterocycles. The maximum Gasteiger partial charge on any atom is 0.337 e. The van der Waals surface area contributed by atoms with Gasteiger partial charge in [-0.05, 0) is 79.1 Å². The zero-order valence-electron chi connectivity index (χ0n) is 20.4. The average molecular weight is 476 g/mol. The summed E-state index contributed by atoms with van der Waals surface area (Å²) in [5, 5.41) is 0. The average Bonchev–Trinajstić information content (AvgIpc) is 2.88. The van der Waals surface area contributed by atoms with Crippen molar-refractivity contribution in [2.24, 2.45) is 0 Å². The highest BCUT2D eigenvalue weighted by Crippen LogP contribution is 2.43. The normalized spacial score (nSPS) is 14.8. The molecule has 1 amide bonds. The van der Waals surface area contributed by atoms with Crippen molar-refractivity contribution in [3.63, 3.8) is 0 Å². The minimum Gasteiger partial charge on any atom is -0.497 e. The number of ether oxygens (including phenoxy) is 4. The van der Waals surface area contributed by atoms with E-state index in [1.165, 1.54) is 7.11 Å². The molecule has 0 N–H and O–H groups in total. The van der Waals surface area contributed by atoms with Crippen LogP contribution < -0.4 is 19.1 Å². The van der Waals surface area contributed by atoms with E-state index in [1.807, 2.05) is 50.2 Å². The molecular weight excluding hydrogens is 446 g/mol. The van der Waals surface area contributed by atoms with Gasteiger partial charge in [0.15, 0.2) is 11.5 Å². The fraction of sp³-hybridized carbons (Fsp3) is 0.286. The molecule has 0 radical (unpaired) electrons. The van der Waals surface area contributed by atoms with E-state index in [0.717, 1.165) is 22.4 Å².